The number of hydrogen-bond acceptors (Lipinski definition) is 4. The van der Waals surface area contributed by atoms with Crippen molar-refractivity contribution >= 4 is 28.2 Å². The molecule has 88 valence electrons. The highest BCUT2D eigenvalue weighted by molar-refractivity contribution is 5.79. The second-order valence-corrected chi connectivity index (χ2v) is 3.96. The molecule has 0 fully saturated rings. The minimum atomic E-state index is 0.548. The van der Waals surface area contributed by atoms with Crippen molar-refractivity contribution in [2.75, 3.05) is 11.1 Å². The van der Waals surface area contributed by atoms with Crippen LogP contribution in [0.4, 0.5) is 17.3 Å². The van der Waals surface area contributed by atoms with E-state index in [9.17, 15) is 0 Å². The molecule has 0 saturated carbocycles. The van der Waals surface area contributed by atoms with Crippen LogP contribution in [0.15, 0.2) is 54.7 Å². The maximum Gasteiger partial charge on any atom is 0.227 e. The molecule has 0 saturated heterocycles. The van der Waals surface area contributed by atoms with E-state index in [1.54, 1.807) is 6.20 Å². The molecule has 1 heterocycles. The Morgan fingerprint density at radius 3 is 2.61 bits per heavy atom. The number of hydrogen-bond donors (Lipinski definition) is 2. The Balaban J connectivity index is 1.98. The van der Waals surface area contributed by atoms with Crippen LogP contribution in [-0.4, -0.2) is 9.97 Å². The Bertz CT molecular complexity index is 694. The first-order valence-electron chi connectivity index (χ1n) is 5.66. The highest BCUT2D eigenvalue weighted by Crippen LogP contribution is 2.21. The molecule has 3 aromatic rings. The highest BCUT2D eigenvalue weighted by atomic mass is 15.1. The van der Waals surface area contributed by atoms with Gasteiger partial charge in [-0.25, -0.2) is 9.97 Å². The summed E-state index contributed by atoms with van der Waals surface area (Å²) in [5, 5.41) is 4.13. The molecule has 0 atom stereocenters. The summed E-state index contributed by atoms with van der Waals surface area (Å²) in [5.41, 5.74) is 8.26. The predicted octanol–water partition coefficient (Wildman–Crippen LogP) is 2.96. The number of fused-ring (bicyclic) bond motifs is 1. The zero-order valence-electron chi connectivity index (χ0n) is 9.67. The van der Waals surface area contributed by atoms with Crippen molar-refractivity contribution in [3.05, 3.63) is 54.7 Å². The van der Waals surface area contributed by atoms with Crippen LogP contribution in [0.25, 0.3) is 10.9 Å². The van der Waals surface area contributed by atoms with Gasteiger partial charge in [0, 0.05) is 11.6 Å². The number of nitrogens with zero attached hydrogens (tertiary/aromatic N) is 2. The van der Waals surface area contributed by atoms with E-state index >= 15 is 0 Å². The number of nitrogen functional groups attached to an aromatic ring is 1. The Labute approximate surface area is 104 Å². The molecule has 3 rings (SSSR count). The molecular weight excluding hydrogens is 224 g/mol. The van der Waals surface area contributed by atoms with Gasteiger partial charge in [-0.2, -0.15) is 0 Å². The average molecular weight is 236 g/mol. The summed E-state index contributed by atoms with van der Waals surface area (Å²) in [6, 6.07) is 15.4. The molecule has 0 aliphatic carbocycles. The smallest absolute Gasteiger partial charge is 0.227 e. The summed E-state index contributed by atoms with van der Waals surface area (Å²) in [5.74, 6) is 0.548. The van der Waals surface area contributed by atoms with E-state index in [-0.39, 0.29) is 0 Å². The number of aromatic nitrogens is 2. The fourth-order valence-corrected chi connectivity index (χ4v) is 1.76. The molecule has 3 N–H and O–H groups in total. The Kier molecular flexibility index (Phi) is 2.53. The SMILES string of the molecule is Nc1ccccc1Nc1ncc2ccccc2n1. The molecule has 2 aromatic carbocycles. The monoisotopic (exact) mass is 236 g/mol. The third-order valence-electron chi connectivity index (χ3n) is 2.70. The van der Waals surface area contributed by atoms with Crippen molar-refractivity contribution in [2.24, 2.45) is 0 Å². The van der Waals surface area contributed by atoms with E-state index in [1.807, 2.05) is 48.5 Å². The van der Waals surface area contributed by atoms with Crippen molar-refractivity contribution in [3.63, 3.8) is 0 Å². The van der Waals surface area contributed by atoms with Gasteiger partial charge in [0.25, 0.3) is 0 Å². The van der Waals surface area contributed by atoms with Crippen LogP contribution in [0.2, 0.25) is 0 Å². The first-order chi connectivity index (χ1) is 8.83. The highest BCUT2D eigenvalue weighted by Gasteiger charge is 2.02. The van der Waals surface area contributed by atoms with E-state index in [1.165, 1.54) is 0 Å². The fourth-order valence-electron chi connectivity index (χ4n) is 1.76. The van der Waals surface area contributed by atoms with Gasteiger partial charge in [-0.3, -0.25) is 0 Å². The molecule has 0 spiro atoms. The van der Waals surface area contributed by atoms with Crippen LogP contribution in [0.3, 0.4) is 0 Å². The van der Waals surface area contributed by atoms with E-state index in [0.29, 0.717) is 11.6 Å². The molecule has 0 unspecified atom stereocenters. The molecule has 4 heteroatoms. The maximum atomic E-state index is 5.86. The van der Waals surface area contributed by atoms with E-state index in [4.69, 9.17) is 5.73 Å². The first-order valence-corrected chi connectivity index (χ1v) is 5.66. The van der Waals surface area contributed by atoms with E-state index < -0.39 is 0 Å². The van der Waals surface area contributed by atoms with Gasteiger partial charge in [0.1, 0.15) is 0 Å². The Morgan fingerprint density at radius 2 is 1.72 bits per heavy atom. The van der Waals surface area contributed by atoms with Crippen molar-refractivity contribution < 1.29 is 0 Å². The van der Waals surface area contributed by atoms with Crippen LogP contribution < -0.4 is 11.1 Å². The van der Waals surface area contributed by atoms with Crippen LogP contribution >= 0.6 is 0 Å². The number of rotatable bonds is 2. The lowest BCUT2D eigenvalue weighted by Crippen LogP contribution is -1.99. The van der Waals surface area contributed by atoms with E-state index in [0.717, 1.165) is 16.6 Å². The van der Waals surface area contributed by atoms with Gasteiger partial charge in [0.2, 0.25) is 5.95 Å². The van der Waals surface area contributed by atoms with Crippen LogP contribution in [-0.2, 0) is 0 Å². The molecular formula is C14H12N4. The molecule has 0 bridgehead atoms. The fraction of sp³-hybridized carbons (Fsp3) is 0. The Hall–Kier alpha value is -2.62. The summed E-state index contributed by atoms with van der Waals surface area (Å²) in [6.07, 6.45) is 1.80. The lowest BCUT2D eigenvalue weighted by atomic mass is 10.2. The van der Waals surface area contributed by atoms with Crippen molar-refractivity contribution in [1.29, 1.82) is 0 Å². The molecule has 0 radical (unpaired) electrons. The first kappa shape index (κ1) is 10.5. The maximum absolute atomic E-state index is 5.86. The summed E-state index contributed by atoms with van der Waals surface area (Å²) >= 11 is 0. The second kappa shape index (κ2) is 4.33. The van der Waals surface area contributed by atoms with Gasteiger partial charge in [-0.15, -0.1) is 0 Å². The van der Waals surface area contributed by atoms with E-state index in [2.05, 4.69) is 15.3 Å². The van der Waals surface area contributed by atoms with Crippen LogP contribution in [0.5, 0.6) is 0 Å². The van der Waals surface area contributed by atoms with Crippen LogP contribution in [0, 0.1) is 0 Å². The minimum Gasteiger partial charge on any atom is -0.397 e. The van der Waals surface area contributed by atoms with Crippen molar-refractivity contribution in [3.8, 4) is 0 Å². The largest absolute Gasteiger partial charge is 0.397 e. The number of nitrogens with two attached hydrogens (primary N) is 1. The third kappa shape index (κ3) is 1.96. The van der Waals surface area contributed by atoms with Gasteiger partial charge in [-0.05, 0) is 18.2 Å². The van der Waals surface area contributed by atoms with Crippen molar-refractivity contribution in [1.82, 2.24) is 9.97 Å². The Morgan fingerprint density at radius 1 is 0.944 bits per heavy atom. The standard InChI is InChI=1S/C14H12N4/c15-11-6-2-4-8-13(11)18-14-16-9-10-5-1-3-7-12(10)17-14/h1-9H,15H2,(H,16,17,18). The number of para-hydroxylation sites is 3. The molecule has 0 aliphatic rings. The summed E-state index contributed by atoms with van der Waals surface area (Å²) in [4.78, 5) is 8.70. The zero-order chi connectivity index (χ0) is 12.4. The number of benzene rings is 2. The molecule has 18 heavy (non-hydrogen) atoms. The van der Waals surface area contributed by atoms with Crippen LogP contribution in [0.1, 0.15) is 0 Å². The topological polar surface area (TPSA) is 63.8 Å². The van der Waals surface area contributed by atoms with Gasteiger partial charge < -0.3 is 11.1 Å². The lowest BCUT2D eigenvalue weighted by Gasteiger charge is -2.07. The lowest BCUT2D eigenvalue weighted by molar-refractivity contribution is 1.21. The third-order valence-corrected chi connectivity index (χ3v) is 2.70. The van der Waals surface area contributed by atoms with Gasteiger partial charge in [0.05, 0.1) is 16.9 Å². The predicted molar refractivity (Wildman–Crippen MR) is 73.7 cm³/mol. The molecule has 1 aromatic heterocycles. The van der Waals surface area contributed by atoms with Gasteiger partial charge in [0.15, 0.2) is 0 Å². The summed E-state index contributed by atoms with van der Waals surface area (Å²) in [6.45, 7) is 0. The molecule has 0 aliphatic heterocycles. The summed E-state index contributed by atoms with van der Waals surface area (Å²) in [7, 11) is 0. The quantitative estimate of drug-likeness (QED) is 0.671. The zero-order valence-corrected chi connectivity index (χ0v) is 9.67. The number of nitrogens with one attached hydrogen (secondary N) is 1. The second-order valence-electron chi connectivity index (χ2n) is 3.96. The normalized spacial score (nSPS) is 10.4. The van der Waals surface area contributed by atoms with Gasteiger partial charge in [-0.1, -0.05) is 30.3 Å². The minimum absolute atomic E-state index is 0.548. The molecule has 0 amide bonds. The average Bonchev–Trinajstić information content (AvgIpc) is 2.41. The van der Waals surface area contributed by atoms with Crippen molar-refractivity contribution in [2.45, 2.75) is 0 Å². The van der Waals surface area contributed by atoms with Gasteiger partial charge >= 0.3 is 0 Å². The number of anilines is 3. The molecule has 4 nitrogen and oxygen atoms in total. The summed E-state index contributed by atoms with van der Waals surface area (Å²) < 4.78 is 0.